The number of hydrogen-bond donors (Lipinski definition) is 2. The van der Waals surface area contributed by atoms with Crippen molar-refractivity contribution in [1.29, 1.82) is 0 Å². The molecule has 4 unspecified atom stereocenters. The number of aliphatic hydroxyl groups is 1. The maximum atomic E-state index is 12.6. The van der Waals surface area contributed by atoms with E-state index in [0.717, 1.165) is 13.1 Å². The molecule has 3 heteroatoms. The zero-order valence-electron chi connectivity index (χ0n) is 5.05. The molecule has 1 aliphatic carbocycles. The zero-order valence-corrected chi connectivity index (χ0v) is 5.05. The summed E-state index contributed by atoms with van der Waals surface area (Å²) in [7, 11) is 0. The maximum Gasteiger partial charge on any atom is 0.131 e. The lowest BCUT2D eigenvalue weighted by Crippen LogP contribution is -2.52. The van der Waals surface area contributed by atoms with Crippen molar-refractivity contribution in [1.82, 2.24) is 5.32 Å². The SMILES string of the molecule is OC1C(F)C2CNCC12. The van der Waals surface area contributed by atoms with Crippen LogP contribution in [0.1, 0.15) is 0 Å². The van der Waals surface area contributed by atoms with Crippen LogP contribution in [0.25, 0.3) is 0 Å². The molecular formula is C6H10FNO. The van der Waals surface area contributed by atoms with Crippen LogP contribution in [0.3, 0.4) is 0 Å². The molecule has 2 fully saturated rings. The number of aliphatic hydroxyl groups excluding tert-OH is 1. The smallest absolute Gasteiger partial charge is 0.131 e. The van der Waals surface area contributed by atoms with Gasteiger partial charge in [-0.1, -0.05) is 0 Å². The number of fused-ring (bicyclic) bond motifs is 1. The van der Waals surface area contributed by atoms with E-state index in [1.807, 2.05) is 0 Å². The number of hydrogen-bond acceptors (Lipinski definition) is 2. The van der Waals surface area contributed by atoms with Gasteiger partial charge in [0, 0.05) is 24.9 Å². The van der Waals surface area contributed by atoms with Crippen molar-refractivity contribution in [3.63, 3.8) is 0 Å². The highest BCUT2D eigenvalue weighted by atomic mass is 19.1. The Balaban J connectivity index is 2.06. The summed E-state index contributed by atoms with van der Waals surface area (Å²) in [5, 5.41) is 12.0. The van der Waals surface area contributed by atoms with Crippen molar-refractivity contribution in [3.8, 4) is 0 Å². The topological polar surface area (TPSA) is 32.3 Å². The molecule has 0 aromatic heterocycles. The first-order valence-electron chi connectivity index (χ1n) is 3.33. The molecule has 0 aromatic carbocycles. The highest BCUT2D eigenvalue weighted by Gasteiger charge is 2.52. The summed E-state index contributed by atoms with van der Waals surface area (Å²) in [5.41, 5.74) is 0. The zero-order chi connectivity index (χ0) is 6.43. The minimum atomic E-state index is -0.954. The van der Waals surface area contributed by atoms with E-state index < -0.39 is 12.3 Å². The summed E-state index contributed by atoms with van der Waals surface area (Å²) >= 11 is 0. The lowest BCUT2D eigenvalue weighted by Gasteiger charge is -2.39. The summed E-state index contributed by atoms with van der Waals surface area (Å²) < 4.78 is 12.6. The highest BCUT2D eigenvalue weighted by Crippen LogP contribution is 2.39. The molecule has 1 heterocycles. The Kier molecular flexibility index (Phi) is 1.04. The molecule has 0 aromatic rings. The lowest BCUT2D eigenvalue weighted by molar-refractivity contribution is -0.0903. The second-order valence-corrected chi connectivity index (χ2v) is 2.92. The molecule has 0 bridgehead atoms. The van der Waals surface area contributed by atoms with Gasteiger partial charge in [-0.3, -0.25) is 0 Å². The Labute approximate surface area is 53.1 Å². The Morgan fingerprint density at radius 3 is 2.67 bits per heavy atom. The van der Waals surface area contributed by atoms with Gasteiger partial charge < -0.3 is 10.4 Å². The predicted octanol–water partition coefficient (Wildman–Crippen LogP) is -0.465. The van der Waals surface area contributed by atoms with Gasteiger partial charge in [0.05, 0.1) is 6.10 Å². The third kappa shape index (κ3) is 0.563. The first kappa shape index (κ1) is 5.62. The summed E-state index contributed by atoms with van der Waals surface area (Å²) in [6.45, 7) is 1.55. The van der Waals surface area contributed by atoms with Crippen molar-refractivity contribution in [3.05, 3.63) is 0 Å². The van der Waals surface area contributed by atoms with E-state index in [-0.39, 0.29) is 11.8 Å². The molecule has 2 rings (SSSR count). The molecule has 52 valence electrons. The Morgan fingerprint density at radius 1 is 1.33 bits per heavy atom. The van der Waals surface area contributed by atoms with E-state index in [9.17, 15) is 4.39 Å². The predicted molar refractivity (Wildman–Crippen MR) is 30.8 cm³/mol. The minimum absolute atomic E-state index is 0.111. The van der Waals surface area contributed by atoms with Crippen molar-refractivity contribution < 1.29 is 9.50 Å². The van der Waals surface area contributed by atoms with Crippen molar-refractivity contribution in [2.75, 3.05) is 13.1 Å². The number of nitrogens with one attached hydrogen (secondary N) is 1. The first-order chi connectivity index (χ1) is 4.30. The van der Waals surface area contributed by atoms with Crippen molar-refractivity contribution >= 4 is 0 Å². The van der Waals surface area contributed by atoms with Crippen LogP contribution in [-0.4, -0.2) is 30.5 Å². The Morgan fingerprint density at radius 2 is 2.00 bits per heavy atom. The number of rotatable bonds is 0. The van der Waals surface area contributed by atoms with Gasteiger partial charge in [0.2, 0.25) is 0 Å². The van der Waals surface area contributed by atoms with Crippen LogP contribution < -0.4 is 5.32 Å². The third-order valence-corrected chi connectivity index (χ3v) is 2.48. The van der Waals surface area contributed by atoms with Crippen LogP contribution in [0.15, 0.2) is 0 Å². The highest BCUT2D eigenvalue weighted by molar-refractivity contribution is 5.03. The van der Waals surface area contributed by atoms with Gasteiger partial charge in [0.15, 0.2) is 0 Å². The van der Waals surface area contributed by atoms with Gasteiger partial charge >= 0.3 is 0 Å². The summed E-state index contributed by atoms with van der Waals surface area (Å²) in [6.07, 6.45) is -1.63. The molecule has 2 aliphatic rings. The second-order valence-electron chi connectivity index (χ2n) is 2.92. The monoisotopic (exact) mass is 131 g/mol. The Hall–Kier alpha value is -0.150. The largest absolute Gasteiger partial charge is 0.390 e. The van der Waals surface area contributed by atoms with Gasteiger partial charge in [-0.25, -0.2) is 4.39 Å². The molecule has 4 atom stereocenters. The minimum Gasteiger partial charge on any atom is -0.390 e. The van der Waals surface area contributed by atoms with Crippen LogP contribution in [-0.2, 0) is 0 Å². The van der Waals surface area contributed by atoms with Gasteiger partial charge in [-0.15, -0.1) is 0 Å². The van der Waals surface area contributed by atoms with Crippen LogP contribution in [0.2, 0.25) is 0 Å². The summed E-state index contributed by atoms with van der Waals surface area (Å²) in [4.78, 5) is 0. The van der Waals surface area contributed by atoms with Gasteiger partial charge in [0.1, 0.15) is 6.17 Å². The molecule has 0 spiro atoms. The number of alkyl halides is 1. The third-order valence-electron chi connectivity index (χ3n) is 2.48. The fourth-order valence-corrected chi connectivity index (χ4v) is 1.79. The maximum absolute atomic E-state index is 12.6. The molecule has 2 nitrogen and oxygen atoms in total. The van der Waals surface area contributed by atoms with E-state index in [1.165, 1.54) is 0 Å². The average Bonchev–Trinajstić information content (AvgIpc) is 2.30. The fraction of sp³-hybridized carbons (Fsp3) is 1.00. The number of halogens is 1. The van der Waals surface area contributed by atoms with Gasteiger partial charge in [0.25, 0.3) is 0 Å². The second kappa shape index (κ2) is 1.67. The van der Waals surface area contributed by atoms with Crippen LogP contribution >= 0.6 is 0 Å². The average molecular weight is 131 g/mol. The van der Waals surface area contributed by atoms with E-state index in [1.54, 1.807) is 0 Å². The molecule has 1 saturated heterocycles. The lowest BCUT2D eigenvalue weighted by atomic mass is 9.72. The molecular weight excluding hydrogens is 121 g/mol. The molecule has 1 saturated carbocycles. The first-order valence-corrected chi connectivity index (χ1v) is 3.33. The molecule has 1 aliphatic heterocycles. The molecule has 9 heavy (non-hydrogen) atoms. The van der Waals surface area contributed by atoms with E-state index in [2.05, 4.69) is 5.32 Å². The normalized spacial score (nSPS) is 56.7. The van der Waals surface area contributed by atoms with Crippen LogP contribution in [0, 0.1) is 11.8 Å². The summed E-state index contributed by atoms with van der Waals surface area (Å²) in [5.74, 6) is 0.319. The van der Waals surface area contributed by atoms with Crippen molar-refractivity contribution in [2.24, 2.45) is 11.8 Å². The molecule has 0 amide bonds. The quantitative estimate of drug-likeness (QED) is 0.466. The Bertz CT molecular complexity index is 116. The van der Waals surface area contributed by atoms with E-state index >= 15 is 0 Å². The standard InChI is InChI=1S/C6H10FNO/c7-5-3-1-8-2-4(3)6(5)9/h3-6,8-9H,1-2H2. The molecule has 0 radical (unpaired) electrons. The molecule has 2 N–H and O–H groups in total. The van der Waals surface area contributed by atoms with Crippen LogP contribution in [0.5, 0.6) is 0 Å². The van der Waals surface area contributed by atoms with E-state index in [0.29, 0.717) is 0 Å². The van der Waals surface area contributed by atoms with Gasteiger partial charge in [-0.2, -0.15) is 0 Å². The van der Waals surface area contributed by atoms with E-state index in [4.69, 9.17) is 5.11 Å². The summed E-state index contributed by atoms with van der Waals surface area (Å²) in [6, 6.07) is 0. The van der Waals surface area contributed by atoms with Gasteiger partial charge in [-0.05, 0) is 0 Å². The van der Waals surface area contributed by atoms with Crippen LogP contribution in [0.4, 0.5) is 4.39 Å². The van der Waals surface area contributed by atoms with Crippen molar-refractivity contribution in [2.45, 2.75) is 12.3 Å². The fourth-order valence-electron chi connectivity index (χ4n) is 1.79.